The number of methoxy groups -OCH3 is 1. The van der Waals surface area contributed by atoms with E-state index >= 15 is 0 Å². The molecule has 0 radical (unpaired) electrons. The number of halogens is 1. The van der Waals surface area contributed by atoms with Crippen LogP contribution in [-0.2, 0) is 4.74 Å². The van der Waals surface area contributed by atoms with Crippen molar-refractivity contribution >= 4 is 11.8 Å². The van der Waals surface area contributed by atoms with Gasteiger partial charge in [-0.3, -0.25) is 0 Å². The van der Waals surface area contributed by atoms with Crippen LogP contribution in [0.3, 0.4) is 0 Å². The molecule has 0 spiro atoms. The fourth-order valence-electron chi connectivity index (χ4n) is 2.13. The summed E-state index contributed by atoms with van der Waals surface area (Å²) in [5.41, 5.74) is 6.83. The lowest BCUT2D eigenvalue weighted by Crippen LogP contribution is -2.38. The molecule has 0 bridgehead atoms. The zero-order valence-corrected chi connectivity index (χ0v) is 11.5. The van der Waals surface area contributed by atoms with Crippen molar-refractivity contribution in [3.8, 4) is 0 Å². The summed E-state index contributed by atoms with van der Waals surface area (Å²) in [5.74, 6) is 5.74. The van der Waals surface area contributed by atoms with Crippen molar-refractivity contribution < 1.29 is 13.9 Å². The smallest absolute Gasteiger partial charge is 0.428 e. The molecular formula is C14H20FN3O2. The number of hydrazine groups is 1. The van der Waals surface area contributed by atoms with E-state index in [9.17, 15) is 9.18 Å². The second-order valence-corrected chi connectivity index (χ2v) is 5.18. The van der Waals surface area contributed by atoms with Gasteiger partial charge in [0.15, 0.2) is 0 Å². The summed E-state index contributed by atoms with van der Waals surface area (Å²) in [6.07, 6.45) is 3.66. The molecule has 1 aromatic carbocycles. The van der Waals surface area contributed by atoms with Crippen LogP contribution >= 0.6 is 0 Å². The second-order valence-electron chi connectivity index (χ2n) is 5.18. The predicted molar refractivity (Wildman–Crippen MR) is 74.4 cm³/mol. The number of anilines is 1. The monoisotopic (exact) mass is 281 g/mol. The van der Waals surface area contributed by atoms with Gasteiger partial charge in [0.05, 0.1) is 12.8 Å². The van der Waals surface area contributed by atoms with Crippen LogP contribution in [0.4, 0.5) is 14.9 Å². The van der Waals surface area contributed by atoms with Gasteiger partial charge in [0.2, 0.25) is 0 Å². The molecule has 1 unspecified atom stereocenters. The lowest BCUT2D eigenvalue weighted by Gasteiger charge is -2.18. The molecule has 4 N–H and O–H groups in total. The minimum Gasteiger partial charge on any atom is -0.452 e. The van der Waals surface area contributed by atoms with E-state index < -0.39 is 11.9 Å². The summed E-state index contributed by atoms with van der Waals surface area (Å²) in [7, 11) is 1.19. The third-order valence-corrected chi connectivity index (χ3v) is 3.61. The first-order chi connectivity index (χ1) is 9.52. The number of benzene rings is 1. The summed E-state index contributed by atoms with van der Waals surface area (Å²) >= 11 is 0. The second kappa shape index (κ2) is 6.19. The molecule has 110 valence electrons. The fourth-order valence-corrected chi connectivity index (χ4v) is 2.13. The van der Waals surface area contributed by atoms with Gasteiger partial charge in [-0.1, -0.05) is 18.9 Å². The maximum Gasteiger partial charge on any atom is 0.428 e. The Bertz CT molecular complexity index is 491. The van der Waals surface area contributed by atoms with Crippen LogP contribution in [0.2, 0.25) is 0 Å². The minimum atomic E-state index is -0.826. The number of amides is 1. The van der Waals surface area contributed by atoms with Gasteiger partial charge in [-0.05, 0) is 36.5 Å². The normalized spacial score (nSPS) is 15.8. The average molecular weight is 281 g/mol. The molecule has 1 aliphatic carbocycles. The zero-order chi connectivity index (χ0) is 14.7. The Labute approximate surface area is 117 Å². The Morgan fingerprint density at radius 1 is 1.55 bits per heavy atom. The third-order valence-electron chi connectivity index (χ3n) is 3.61. The summed E-state index contributed by atoms with van der Waals surface area (Å²) in [5, 5.41) is 0.645. The summed E-state index contributed by atoms with van der Waals surface area (Å²) in [6, 6.07) is 4.22. The molecular weight excluding hydrogens is 261 g/mol. The number of nitrogens with two attached hydrogens (primary N) is 2. The van der Waals surface area contributed by atoms with Crippen molar-refractivity contribution in [3.05, 3.63) is 29.6 Å². The van der Waals surface area contributed by atoms with Crippen LogP contribution in [-0.4, -0.2) is 13.2 Å². The van der Waals surface area contributed by atoms with Crippen LogP contribution in [0.5, 0.6) is 0 Å². The SMILES string of the molecule is COC(=O)N(N)c1cc(C(N)CCC2CC2)ccc1F. The van der Waals surface area contributed by atoms with Crippen LogP contribution in [0.25, 0.3) is 0 Å². The highest BCUT2D eigenvalue weighted by Crippen LogP contribution is 2.35. The maximum atomic E-state index is 13.7. The van der Waals surface area contributed by atoms with E-state index in [4.69, 9.17) is 11.6 Å². The molecule has 0 aliphatic heterocycles. The molecule has 1 saturated carbocycles. The molecule has 0 heterocycles. The maximum absolute atomic E-state index is 13.7. The molecule has 1 fully saturated rings. The Morgan fingerprint density at radius 3 is 2.85 bits per heavy atom. The van der Waals surface area contributed by atoms with Crippen LogP contribution in [0.15, 0.2) is 18.2 Å². The summed E-state index contributed by atoms with van der Waals surface area (Å²) in [6.45, 7) is 0. The van der Waals surface area contributed by atoms with Gasteiger partial charge in [-0.25, -0.2) is 20.0 Å². The van der Waals surface area contributed by atoms with E-state index in [0.717, 1.165) is 24.3 Å². The largest absolute Gasteiger partial charge is 0.452 e. The van der Waals surface area contributed by atoms with E-state index in [2.05, 4.69) is 4.74 Å². The summed E-state index contributed by atoms with van der Waals surface area (Å²) in [4.78, 5) is 11.3. The molecule has 0 aromatic heterocycles. The molecule has 1 atom stereocenters. The summed E-state index contributed by atoms with van der Waals surface area (Å²) < 4.78 is 18.2. The molecule has 20 heavy (non-hydrogen) atoms. The molecule has 5 nitrogen and oxygen atoms in total. The van der Waals surface area contributed by atoms with Crippen molar-refractivity contribution in [2.24, 2.45) is 17.5 Å². The van der Waals surface area contributed by atoms with E-state index in [0.29, 0.717) is 5.01 Å². The van der Waals surface area contributed by atoms with Gasteiger partial charge in [-0.15, -0.1) is 0 Å². The molecule has 1 amide bonds. The Morgan fingerprint density at radius 2 is 2.25 bits per heavy atom. The quantitative estimate of drug-likeness (QED) is 0.493. The highest BCUT2D eigenvalue weighted by molar-refractivity contribution is 5.86. The number of hydrogen-bond donors (Lipinski definition) is 2. The van der Waals surface area contributed by atoms with Gasteiger partial charge >= 0.3 is 6.09 Å². The van der Waals surface area contributed by atoms with Gasteiger partial charge in [-0.2, -0.15) is 0 Å². The minimum absolute atomic E-state index is 0.0313. The van der Waals surface area contributed by atoms with Crippen LogP contribution in [0, 0.1) is 11.7 Å². The van der Waals surface area contributed by atoms with E-state index in [1.807, 2.05) is 0 Å². The van der Waals surface area contributed by atoms with Gasteiger partial charge in [0, 0.05) is 6.04 Å². The lowest BCUT2D eigenvalue weighted by atomic mass is 10.0. The van der Waals surface area contributed by atoms with Crippen molar-refractivity contribution in [2.45, 2.75) is 31.7 Å². The number of carbonyl (C=O) groups excluding carboxylic acids is 1. The topological polar surface area (TPSA) is 81.6 Å². The van der Waals surface area contributed by atoms with Crippen LogP contribution < -0.4 is 16.6 Å². The molecule has 1 aromatic rings. The lowest BCUT2D eigenvalue weighted by molar-refractivity contribution is 0.178. The zero-order valence-electron chi connectivity index (χ0n) is 11.5. The Hall–Kier alpha value is -1.66. The van der Waals surface area contributed by atoms with Gasteiger partial charge in [0.25, 0.3) is 0 Å². The third kappa shape index (κ3) is 3.46. The van der Waals surface area contributed by atoms with Crippen molar-refractivity contribution in [3.63, 3.8) is 0 Å². The Balaban J connectivity index is 2.11. The average Bonchev–Trinajstić information content (AvgIpc) is 3.27. The standard InChI is InChI=1S/C14H20FN3O2/c1-20-14(19)18(17)13-8-10(5-6-11(13)15)12(16)7-4-9-2-3-9/h5-6,8-9,12H,2-4,7,16-17H2,1H3. The van der Waals surface area contributed by atoms with Crippen molar-refractivity contribution in [1.82, 2.24) is 0 Å². The number of nitrogens with zero attached hydrogens (tertiary/aromatic N) is 1. The first kappa shape index (κ1) is 14.7. The fraction of sp³-hybridized carbons (Fsp3) is 0.500. The first-order valence-corrected chi connectivity index (χ1v) is 6.70. The number of rotatable bonds is 5. The highest BCUT2D eigenvalue weighted by Gasteiger charge is 2.23. The van der Waals surface area contributed by atoms with Crippen molar-refractivity contribution in [2.75, 3.05) is 12.1 Å². The molecule has 6 heteroatoms. The molecule has 0 saturated heterocycles. The number of hydrogen-bond acceptors (Lipinski definition) is 4. The van der Waals surface area contributed by atoms with Crippen molar-refractivity contribution in [1.29, 1.82) is 0 Å². The Kier molecular flexibility index (Phi) is 4.57. The van der Waals surface area contributed by atoms with Gasteiger partial charge < -0.3 is 10.5 Å². The van der Waals surface area contributed by atoms with E-state index in [-0.39, 0.29) is 11.7 Å². The van der Waals surface area contributed by atoms with E-state index in [1.54, 1.807) is 6.07 Å². The molecule has 2 rings (SSSR count). The first-order valence-electron chi connectivity index (χ1n) is 6.70. The molecule has 1 aliphatic rings. The van der Waals surface area contributed by atoms with Gasteiger partial charge in [0.1, 0.15) is 5.82 Å². The number of ether oxygens (including phenoxy) is 1. The van der Waals surface area contributed by atoms with Crippen LogP contribution in [0.1, 0.15) is 37.3 Å². The predicted octanol–water partition coefficient (Wildman–Crippen LogP) is 2.46. The number of carbonyl (C=O) groups is 1. The highest BCUT2D eigenvalue weighted by atomic mass is 19.1. The van der Waals surface area contributed by atoms with E-state index in [1.165, 1.54) is 32.1 Å².